The molecule has 0 aliphatic carbocycles. The summed E-state index contributed by atoms with van der Waals surface area (Å²) in [7, 11) is -0.970. The third-order valence-corrected chi connectivity index (χ3v) is 2.52. The van der Waals surface area contributed by atoms with Gasteiger partial charge in [0.2, 0.25) is 0 Å². The number of benzene rings is 1. The third kappa shape index (κ3) is 2.95. The van der Waals surface area contributed by atoms with Gasteiger partial charge >= 0.3 is 0 Å². The number of nitrogen functional groups attached to an aromatic ring is 1. The van der Waals surface area contributed by atoms with Crippen molar-refractivity contribution in [3.05, 3.63) is 29.3 Å². The van der Waals surface area contributed by atoms with E-state index < -0.39 is 10.7 Å². The highest BCUT2D eigenvalue weighted by Gasteiger charge is 2.08. The van der Waals surface area contributed by atoms with Crippen LogP contribution in [0.3, 0.4) is 0 Å². The van der Waals surface area contributed by atoms with Crippen LogP contribution in [0.5, 0.6) is 0 Å². The summed E-state index contributed by atoms with van der Waals surface area (Å²) in [6.45, 7) is 0. The topological polar surface area (TPSA) is 89.3 Å². The molecule has 0 spiro atoms. The largest absolute Gasteiger partial charge is 0.398 e. The monoisotopic (exact) mass is 228 g/mol. The van der Waals surface area contributed by atoms with Gasteiger partial charge in [0.05, 0.1) is 11.3 Å². The van der Waals surface area contributed by atoms with Gasteiger partial charge in [0.25, 0.3) is 5.91 Å². The quantitative estimate of drug-likeness (QED) is 0.491. The molecule has 0 heterocycles. The number of thiol groups is 1. The van der Waals surface area contributed by atoms with E-state index in [2.05, 4.69) is 5.32 Å². The van der Waals surface area contributed by atoms with Crippen LogP contribution >= 0.6 is 0 Å². The Morgan fingerprint density at radius 2 is 2.13 bits per heavy atom. The lowest BCUT2D eigenvalue weighted by atomic mass is 10.1. The molecular formula is C9H12N2O3S. The Hall–Kier alpha value is -1.56. The predicted octanol–water partition coefficient (Wildman–Crippen LogP) is -0.260. The molecule has 0 atom stereocenters. The fourth-order valence-corrected chi connectivity index (χ4v) is 1.70. The Labute approximate surface area is 89.2 Å². The van der Waals surface area contributed by atoms with E-state index in [0.29, 0.717) is 11.1 Å². The second-order valence-electron chi connectivity index (χ2n) is 2.99. The van der Waals surface area contributed by atoms with Gasteiger partial charge in [-0.2, -0.15) is 0 Å². The smallest absolute Gasteiger partial charge is 0.253 e. The summed E-state index contributed by atoms with van der Waals surface area (Å²) in [4.78, 5) is 11.3. The molecule has 0 unspecified atom stereocenters. The number of nitrogens with two attached hydrogens (primary N) is 1. The second-order valence-corrected chi connectivity index (χ2v) is 3.97. The molecule has 6 heteroatoms. The molecule has 0 aliphatic heterocycles. The molecular weight excluding hydrogens is 216 g/mol. The van der Waals surface area contributed by atoms with Gasteiger partial charge in [0, 0.05) is 12.7 Å². The Morgan fingerprint density at radius 3 is 2.60 bits per heavy atom. The maximum Gasteiger partial charge on any atom is 0.253 e. The van der Waals surface area contributed by atoms with Gasteiger partial charge in [0.1, 0.15) is 10.7 Å². The first-order valence-electron chi connectivity index (χ1n) is 4.27. The number of anilines is 1. The Kier molecular flexibility index (Phi) is 3.68. The van der Waals surface area contributed by atoms with Crippen LogP contribution < -0.4 is 11.1 Å². The second kappa shape index (κ2) is 4.79. The molecule has 3 N–H and O–H groups in total. The van der Waals surface area contributed by atoms with Crippen LogP contribution in [-0.4, -0.2) is 21.4 Å². The van der Waals surface area contributed by atoms with Gasteiger partial charge in [-0.1, -0.05) is 6.07 Å². The molecule has 0 aromatic heterocycles. The Balaban J connectivity index is 3.02. The SMILES string of the molecule is CNC(=O)c1ccc(C[SH](=O)=O)cc1N. The maximum absolute atomic E-state index is 11.3. The van der Waals surface area contributed by atoms with Crippen LogP contribution in [0.25, 0.3) is 0 Å². The number of carbonyl (C=O) groups excluding carboxylic acids is 1. The molecule has 5 nitrogen and oxygen atoms in total. The van der Waals surface area contributed by atoms with E-state index in [9.17, 15) is 13.2 Å². The van der Waals surface area contributed by atoms with E-state index in [1.807, 2.05) is 0 Å². The molecule has 0 saturated heterocycles. The standard InChI is InChI=1S/C9H12N2O3S/c1-11-9(12)7-3-2-6(4-8(7)10)5-15(13)14/h2-4,15H,5,10H2,1H3,(H,11,12). The van der Waals surface area contributed by atoms with Crippen LogP contribution in [0.4, 0.5) is 5.69 Å². The molecule has 0 saturated carbocycles. The summed E-state index contributed by atoms with van der Waals surface area (Å²) in [5.74, 6) is -0.348. The normalized spacial score (nSPS) is 10.3. The lowest BCUT2D eigenvalue weighted by Gasteiger charge is -2.05. The van der Waals surface area contributed by atoms with E-state index in [0.717, 1.165) is 0 Å². The van der Waals surface area contributed by atoms with Crippen molar-refractivity contribution in [3.8, 4) is 0 Å². The summed E-state index contributed by atoms with van der Waals surface area (Å²) in [6.07, 6.45) is 0. The van der Waals surface area contributed by atoms with Crippen LogP contribution in [0.1, 0.15) is 15.9 Å². The van der Waals surface area contributed by atoms with Crippen molar-refractivity contribution < 1.29 is 13.2 Å². The minimum atomic E-state index is -2.47. The summed E-state index contributed by atoms with van der Waals surface area (Å²) < 4.78 is 20.9. The summed E-state index contributed by atoms with van der Waals surface area (Å²) in [6, 6.07) is 4.59. The first-order valence-corrected chi connectivity index (χ1v) is 5.63. The van der Waals surface area contributed by atoms with Gasteiger partial charge < -0.3 is 11.1 Å². The number of rotatable bonds is 3. The first kappa shape index (κ1) is 11.5. The van der Waals surface area contributed by atoms with E-state index >= 15 is 0 Å². The average molecular weight is 228 g/mol. The van der Waals surface area contributed by atoms with E-state index in [4.69, 9.17) is 5.73 Å². The lowest BCUT2D eigenvalue weighted by Crippen LogP contribution is -2.19. The third-order valence-electron chi connectivity index (χ3n) is 1.90. The number of carbonyl (C=O) groups is 1. The average Bonchev–Trinajstić information content (AvgIpc) is 2.16. The highest BCUT2D eigenvalue weighted by atomic mass is 32.2. The molecule has 1 amide bonds. The molecule has 82 valence electrons. The highest BCUT2D eigenvalue weighted by molar-refractivity contribution is 7.71. The van der Waals surface area contributed by atoms with Gasteiger partial charge in [-0.15, -0.1) is 0 Å². The van der Waals surface area contributed by atoms with Gasteiger partial charge in [-0.3, -0.25) is 4.79 Å². The maximum atomic E-state index is 11.3. The zero-order valence-electron chi connectivity index (χ0n) is 8.19. The molecule has 0 aliphatic rings. The zero-order chi connectivity index (χ0) is 11.4. The van der Waals surface area contributed by atoms with Crippen molar-refractivity contribution in [3.63, 3.8) is 0 Å². The van der Waals surface area contributed by atoms with Crippen LogP contribution in [0.2, 0.25) is 0 Å². The fourth-order valence-electron chi connectivity index (χ4n) is 1.20. The van der Waals surface area contributed by atoms with Crippen molar-refractivity contribution in [2.45, 2.75) is 5.75 Å². The number of amides is 1. The molecule has 1 rings (SSSR count). The number of hydrogen-bond acceptors (Lipinski definition) is 4. The molecule has 15 heavy (non-hydrogen) atoms. The van der Waals surface area contributed by atoms with Gasteiger partial charge in [-0.25, -0.2) is 8.42 Å². The van der Waals surface area contributed by atoms with Crippen molar-refractivity contribution in [2.75, 3.05) is 12.8 Å². The van der Waals surface area contributed by atoms with E-state index in [1.54, 1.807) is 6.07 Å². The highest BCUT2D eigenvalue weighted by Crippen LogP contribution is 2.14. The first-order chi connectivity index (χ1) is 7.04. The Bertz CT molecular complexity index is 447. The van der Waals surface area contributed by atoms with Crippen molar-refractivity contribution >= 4 is 22.3 Å². The van der Waals surface area contributed by atoms with E-state index in [-0.39, 0.29) is 17.3 Å². The fraction of sp³-hybridized carbons (Fsp3) is 0.222. The zero-order valence-corrected chi connectivity index (χ0v) is 9.08. The van der Waals surface area contributed by atoms with Gasteiger partial charge in [0.15, 0.2) is 0 Å². The van der Waals surface area contributed by atoms with Crippen LogP contribution in [-0.2, 0) is 16.5 Å². The number of hydrogen-bond donors (Lipinski definition) is 3. The molecule has 0 bridgehead atoms. The van der Waals surface area contributed by atoms with Crippen LogP contribution in [0.15, 0.2) is 18.2 Å². The summed E-state index contributed by atoms with van der Waals surface area (Å²) >= 11 is 0. The summed E-state index contributed by atoms with van der Waals surface area (Å²) in [5, 5.41) is 2.44. The minimum absolute atomic E-state index is 0.0619. The molecule has 0 fully saturated rings. The van der Waals surface area contributed by atoms with Crippen molar-refractivity contribution in [1.82, 2.24) is 5.32 Å². The lowest BCUT2D eigenvalue weighted by molar-refractivity contribution is 0.0964. The summed E-state index contributed by atoms with van der Waals surface area (Å²) in [5.41, 5.74) is 6.83. The Morgan fingerprint density at radius 1 is 1.47 bits per heavy atom. The predicted molar refractivity (Wildman–Crippen MR) is 58.3 cm³/mol. The van der Waals surface area contributed by atoms with E-state index in [1.165, 1.54) is 19.2 Å². The van der Waals surface area contributed by atoms with Crippen molar-refractivity contribution in [1.29, 1.82) is 0 Å². The number of nitrogens with one attached hydrogen (secondary N) is 1. The van der Waals surface area contributed by atoms with Gasteiger partial charge in [-0.05, 0) is 17.7 Å². The molecule has 0 radical (unpaired) electrons. The minimum Gasteiger partial charge on any atom is -0.398 e. The molecule has 1 aromatic rings. The molecule has 1 aromatic carbocycles. The van der Waals surface area contributed by atoms with Crippen LogP contribution in [0, 0.1) is 0 Å². The van der Waals surface area contributed by atoms with Crippen molar-refractivity contribution in [2.24, 2.45) is 0 Å².